The quantitative estimate of drug-likeness (QED) is 0.634. The van der Waals surface area contributed by atoms with E-state index in [0.29, 0.717) is 11.2 Å². The number of hydrogen-bond donors (Lipinski definition) is 3. The molecule has 0 aromatic heterocycles. The number of rotatable bonds is 1. The van der Waals surface area contributed by atoms with Gasteiger partial charge in [-0.25, -0.2) is 0 Å². The molecule has 1 rings (SSSR count). The van der Waals surface area contributed by atoms with Gasteiger partial charge in [0.25, 0.3) is 5.91 Å². The molecule has 1 aliphatic heterocycles. The molecule has 3 N–H and O–H groups in total. The van der Waals surface area contributed by atoms with E-state index in [0.717, 1.165) is 0 Å². The minimum Gasteiger partial charge on any atom is -0.344 e. The maximum Gasteiger partial charge on any atom is 0.258 e. The van der Waals surface area contributed by atoms with Crippen LogP contribution < -0.4 is 15.9 Å². The normalized spacial score (nSPS) is 29.7. The average Bonchev–Trinajstić information content (AvgIpc) is 2.41. The van der Waals surface area contributed by atoms with Crippen molar-refractivity contribution in [3.05, 3.63) is 23.0 Å². The van der Waals surface area contributed by atoms with E-state index >= 15 is 0 Å². The predicted octanol–water partition coefficient (Wildman–Crippen LogP) is 1.44. The lowest BCUT2D eigenvalue weighted by atomic mass is 10.6. The van der Waals surface area contributed by atoms with Crippen LogP contribution >= 0.6 is 30.8 Å². The van der Waals surface area contributed by atoms with Gasteiger partial charge >= 0.3 is 0 Å². The molecule has 106 valence electrons. The first-order chi connectivity index (χ1) is 9.06. The zero-order valence-electron chi connectivity index (χ0n) is 10.4. The van der Waals surface area contributed by atoms with Gasteiger partial charge in [0, 0.05) is 23.4 Å². The SMILES string of the molecule is CCP1(=O)CNC(=O)/C=C/SCS/C=C/C(=O)NN1. The first-order valence-electron chi connectivity index (χ1n) is 5.55. The second kappa shape index (κ2) is 8.47. The van der Waals surface area contributed by atoms with Crippen LogP contribution in [0.25, 0.3) is 0 Å². The molecule has 0 spiro atoms. The number of amides is 2. The summed E-state index contributed by atoms with van der Waals surface area (Å²) in [4.78, 5) is 22.9. The van der Waals surface area contributed by atoms with E-state index in [1.807, 2.05) is 0 Å². The smallest absolute Gasteiger partial charge is 0.258 e. The Labute approximate surface area is 120 Å². The van der Waals surface area contributed by atoms with E-state index in [2.05, 4.69) is 15.9 Å². The Morgan fingerprint density at radius 2 is 1.84 bits per heavy atom. The Hall–Kier alpha value is -0.690. The molecular formula is C10H16N3O3PS2. The van der Waals surface area contributed by atoms with Crippen LogP contribution in [0.2, 0.25) is 0 Å². The van der Waals surface area contributed by atoms with Gasteiger partial charge in [0.05, 0.1) is 6.29 Å². The molecule has 2 amide bonds. The second-order valence-electron chi connectivity index (χ2n) is 3.56. The third-order valence-corrected chi connectivity index (χ3v) is 6.13. The van der Waals surface area contributed by atoms with Crippen molar-refractivity contribution in [3.8, 4) is 0 Å². The molecule has 1 heterocycles. The lowest BCUT2D eigenvalue weighted by molar-refractivity contribution is -0.117. The maximum atomic E-state index is 12.3. The lowest BCUT2D eigenvalue weighted by Gasteiger charge is -2.18. The van der Waals surface area contributed by atoms with Gasteiger partial charge in [-0.15, -0.1) is 23.5 Å². The van der Waals surface area contributed by atoms with Crippen molar-refractivity contribution < 1.29 is 14.2 Å². The monoisotopic (exact) mass is 321 g/mol. The van der Waals surface area contributed by atoms with Crippen molar-refractivity contribution in [1.82, 2.24) is 15.9 Å². The Kier molecular flexibility index (Phi) is 7.30. The van der Waals surface area contributed by atoms with E-state index in [4.69, 9.17) is 0 Å². The zero-order valence-corrected chi connectivity index (χ0v) is 12.9. The van der Waals surface area contributed by atoms with E-state index in [1.54, 1.807) is 17.7 Å². The van der Waals surface area contributed by atoms with Crippen molar-refractivity contribution in [2.45, 2.75) is 6.92 Å². The van der Waals surface area contributed by atoms with Crippen molar-refractivity contribution >= 4 is 42.6 Å². The molecule has 1 atom stereocenters. The third-order valence-electron chi connectivity index (χ3n) is 2.17. The number of hydrazine groups is 1. The van der Waals surface area contributed by atoms with E-state index < -0.39 is 7.29 Å². The first kappa shape index (κ1) is 16.4. The molecule has 1 unspecified atom stereocenters. The van der Waals surface area contributed by atoms with Crippen molar-refractivity contribution in [3.63, 3.8) is 0 Å². The largest absolute Gasteiger partial charge is 0.344 e. The maximum absolute atomic E-state index is 12.3. The minimum atomic E-state index is -2.84. The summed E-state index contributed by atoms with van der Waals surface area (Å²) in [7, 11) is -2.84. The highest BCUT2D eigenvalue weighted by Gasteiger charge is 2.20. The Morgan fingerprint density at radius 3 is 2.47 bits per heavy atom. The van der Waals surface area contributed by atoms with Gasteiger partial charge in [0.1, 0.15) is 0 Å². The Morgan fingerprint density at radius 1 is 1.21 bits per heavy atom. The molecule has 6 nitrogen and oxygen atoms in total. The summed E-state index contributed by atoms with van der Waals surface area (Å²) in [6, 6.07) is 0. The molecule has 0 saturated carbocycles. The van der Waals surface area contributed by atoms with Crippen LogP contribution in [-0.4, -0.2) is 29.3 Å². The number of carbonyl (C=O) groups excluding carboxylic acids is 2. The first-order valence-corrected chi connectivity index (χ1v) is 9.73. The van der Waals surface area contributed by atoms with Crippen LogP contribution in [0.3, 0.4) is 0 Å². The van der Waals surface area contributed by atoms with Crippen LogP contribution in [-0.2, 0) is 14.2 Å². The summed E-state index contributed by atoms with van der Waals surface area (Å²) in [5.74, 6) is -0.669. The third kappa shape index (κ3) is 6.87. The molecule has 0 radical (unpaired) electrons. The van der Waals surface area contributed by atoms with Gasteiger partial charge in [-0.3, -0.25) is 15.0 Å². The zero-order chi connectivity index (χ0) is 14.1. The fourth-order valence-electron chi connectivity index (χ4n) is 1.03. The second-order valence-corrected chi connectivity index (χ2v) is 8.67. The summed E-state index contributed by atoms with van der Waals surface area (Å²) in [6.45, 7) is 1.73. The topological polar surface area (TPSA) is 87.3 Å². The Bertz CT molecular complexity index is 406. The highest BCUT2D eigenvalue weighted by Crippen LogP contribution is 2.37. The fraction of sp³-hybridized carbons (Fsp3) is 0.400. The van der Waals surface area contributed by atoms with E-state index in [1.165, 1.54) is 35.7 Å². The predicted molar refractivity (Wildman–Crippen MR) is 80.8 cm³/mol. The summed E-state index contributed by atoms with van der Waals surface area (Å²) in [6.07, 6.45) is 3.09. The molecule has 0 aromatic rings. The van der Waals surface area contributed by atoms with Gasteiger partial charge in [-0.05, 0) is 10.8 Å². The molecular weight excluding hydrogens is 305 g/mol. The summed E-state index contributed by atoms with van der Waals surface area (Å²) >= 11 is 2.88. The molecule has 0 aliphatic carbocycles. The molecule has 9 heteroatoms. The minimum absolute atomic E-state index is 0.00388. The average molecular weight is 321 g/mol. The van der Waals surface area contributed by atoms with Crippen LogP contribution in [0.5, 0.6) is 0 Å². The number of carbonyl (C=O) groups is 2. The lowest BCUT2D eigenvalue weighted by Crippen LogP contribution is -2.37. The number of hydrogen-bond acceptors (Lipinski definition) is 5. The van der Waals surface area contributed by atoms with Crippen LogP contribution in [0.4, 0.5) is 0 Å². The van der Waals surface area contributed by atoms with Crippen LogP contribution in [0.15, 0.2) is 23.0 Å². The van der Waals surface area contributed by atoms with Gasteiger partial charge in [0.15, 0.2) is 7.29 Å². The van der Waals surface area contributed by atoms with Crippen LogP contribution in [0.1, 0.15) is 6.92 Å². The summed E-state index contributed by atoms with van der Waals surface area (Å²) in [5.41, 5.74) is 2.36. The van der Waals surface area contributed by atoms with Crippen LogP contribution in [0, 0.1) is 0 Å². The fourth-order valence-corrected chi connectivity index (χ4v) is 3.60. The molecule has 0 saturated heterocycles. The van der Waals surface area contributed by atoms with E-state index in [9.17, 15) is 14.2 Å². The molecule has 1 aliphatic rings. The van der Waals surface area contributed by atoms with Crippen molar-refractivity contribution in [2.75, 3.05) is 17.5 Å². The number of nitrogens with one attached hydrogen (secondary N) is 3. The standard InChI is InChI=1S/C10H16N3O3PS2/c1-2-17(16)7-11-9(14)3-5-18-8-19-6-4-10(15)12-13-17/h3-6H,2,7-8H2,1H3,(H,11,14)(H,12,15)(H,13,16)/b5-3+,6-4+. The molecule has 0 fully saturated rings. The summed E-state index contributed by atoms with van der Waals surface area (Å²) < 4.78 is 12.3. The van der Waals surface area contributed by atoms with Gasteiger partial charge in [-0.1, -0.05) is 6.92 Å². The van der Waals surface area contributed by atoms with Crippen molar-refractivity contribution in [1.29, 1.82) is 0 Å². The van der Waals surface area contributed by atoms with Gasteiger partial charge in [-0.2, -0.15) is 5.20 Å². The highest BCUT2D eigenvalue weighted by atomic mass is 32.2. The highest BCUT2D eigenvalue weighted by molar-refractivity contribution is 8.18. The number of thioether (sulfide) groups is 2. The van der Waals surface area contributed by atoms with E-state index in [-0.39, 0.29) is 18.1 Å². The van der Waals surface area contributed by atoms with Crippen molar-refractivity contribution in [2.24, 2.45) is 0 Å². The molecule has 0 aromatic carbocycles. The molecule has 19 heavy (non-hydrogen) atoms. The molecule has 0 bridgehead atoms. The van der Waals surface area contributed by atoms with Gasteiger partial charge < -0.3 is 9.88 Å². The Balaban J connectivity index is 2.71. The summed E-state index contributed by atoms with van der Waals surface area (Å²) in [5, 5.41) is 9.10. The van der Waals surface area contributed by atoms with Gasteiger partial charge in [0.2, 0.25) is 5.91 Å².